The normalized spacial score (nSPS) is 22.1. The molecule has 3 N–H and O–H groups in total. The van der Waals surface area contributed by atoms with Crippen molar-refractivity contribution in [2.75, 3.05) is 0 Å². The molecule has 1 heterocycles. The number of aryl methyl sites for hydroxylation is 1. The van der Waals surface area contributed by atoms with Crippen molar-refractivity contribution in [2.45, 2.75) is 46.1 Å². The summed E-state index contributed by atoms with van der Waals surface area (Å²) in [6.45, 7) is 6.45. The molecule has 1 aromatic heterocycles. The van der Waals surface area contributed by atoms with Gasteiger partial charge in [-0.3, -0.25) is 15.6 Å². The Morgan fingerprint density at radius 2 is 1.93 bits per heavy atom. The van der Waals surface area contributed by atoms with E-state index in [1.165, 1.54) is 24.2 Å². The van der Waals surface area contributed by atoms with Gasteiger partial charge in [-0.15, -0.1) is 11.3 Å². The van der Waals surface area contributed by atoms with E-state index < -0.39 is 0 Å². The van der Waals surface area contributed by atoms with Crippen LogP contribution in [0.25, 0.3) is 11.3 Å². The minimum absolute atomic E-state index is 0.228. The monoisotopic (exact) mass is 402 g/mol. The van der Waals surface area contributed by atoms with E-state index in [0.717, 1.165) is 17.0 Å². The van der Waals surface area contributed by atoms with Gasteiger partial charge in [-0.1, -0.05) is 57.0 Å². The molecule has 1 fully saturated rings. The number of nitrogens with zero attached hydrogens (tertiary/aromatic N) is 1. The molecule has 0 saturated heterocycles. The Kier molecular flexibility index (Phi) is 6.44. The van der Waals surface area contributed by atoms with E-state index in [1.807, 2.05) is 37.3 Å². The lowest BCUT2D eigenvalue weighted by molar-refractivity contribution is 0.0947. The lowest BCUT2D eigenvalue weighted by atomic mass is 9.78. The van der Waals surface area contributed by atoms with Crippen molar-refractivity contribution in [3.8, 4) is 11.3 Å². The maximum atomic E-state index is 12.7. The third-order valence-corrected chi connectivity index (χ3v) is 6.49. The molecule has 1 aliphatic rings. The summed E-state index contributed by atoms with van der Waals surface area (Å²) in [5.74, 6) is 1.01. The molecule has 144 valence electrons. The second-order valence-electron chi connectivity index (χ2n) is 7.20. The highest BCUT2D eigenvalue weighted by Crippen LogP contribution is 2.29. The van der Waals surface area contributed by atoms with E-state index in [9.17, 15) is 4.79 Å². The molecule has 1 aliphatic carbocycles. The fraction of sp³-hybridized carbons (Fsp3) is 0.450. The highest BCUT2D eigenvalue weighted by molar-refractivity contribution is 7.80. The van der Waals surface area contributed by atoms with Crippen molar-refractivity contribution >= 4 is 34.6 Å². The van der Waals surface area contributed by atoms with Crippen LogP contribution in [0.2, 0.25) is 0 Å². The first kappa shape index (κ1) is 19.8. The van der Waals surface area contributed by atoms with Crippen molar-refractivity contribution in [1.82, 2.24) is 21.2 Å². The molecule has 5 nitrogen and oxygen atoms in total. The maximum absolute atomic E-state index is 12.7. The number of thiazole rings is 1. The first-order chi connectivity index (χ1) is 13.0. The number of hydrazine groups is 1. The molecule has 3 atom stereocenters. The molecule has 1 saturated carbocycles. The second-order valence-corrected chi connectivity index (χ2v) is 8.81. The number of aromatic nitrogens is 1. The third kappa shape index (κ3) is 4.84. The van der Waals surface area contributed by atoms with E-state index in [1.54, 1.807) is 0 Å². The Balaban J connectivity index is 1.61. The summed E-state index contributed by atoms with van der Waals surface area (Å²) in [5.41, 5.74) is 7.20. The number of amides is 1. The van der Waals surface area contributed by atoms with Crippen LogP contribution in [0.15, 0.2) is 30.3 Å². The summed E-state index contributed by atoms with van der Waals surface area (Å²) < 4.78 is 0. The van der Waals surface area contributed by atoms with Crippen molar-refractivity contribution in [3.63, 3.8) is 0 Å². The molecular weight excluding hydrogens is 376 g/mol. The molecule has 0 radical (unpaired) electrons. The van der Waals surface area contributed by atoms with Gasteiger partial charge in [0, 0.05) is 11.6 Å². The van der Waals surface area contributed by atoms with Crippen molar-refractivity contribution < 1.29 is 4.79 Å². The van der Waals surface area contributed by atoms with Crippen LogP contribution in [0.1, 0.15) is 47.8 Å². The molecule has 0 aliphatic heterocycles. The Hall–Kier alpha value is -1.99. The van der Waals surface area contributed by atoms with Crippen LogP contribution in [0.4, 0.5) is 0 Å². The molecule has 0 unspecified atom stereocenters. The summed E-state index contributed by atoms with van der Waals surface area (Å²) in [7, 11) is 0. The minimum Gasteiger partial charge on any atom is -0.358 e. The molecule has 2 aromatic rings. The molecule has 0 spiro atoms. The minimum atomic E-state index is -0.228. The molecular formula is C20H26N4OS2. The topological polar surface area (TPSA) is 66.0 Å². The number of hydrogen-bond acceptors (Lipinski definition) is 4. The third-order valence-electron chi connectivity index (χ3n) is 5.30. The maximum Gasteiger partial charge on any atom is 0.282 e. The van der Waals surface area contributed by atoms with Crippen LogP contribution in [-0.4, -0.2) is 22.0 Å². The SMILES string of the molecule is Cc1nc(-c2ccccc2)c(C(=O)NNC(=S)N[C@@H]2CCC[C@H](C)[C@@H]2C)s1. The molecule has 1 amide bonds. The number of thiocarbonyl (C=S) groups is 1. The van der Waals surface area contributed by atoms with E-state index in [2.05, 4.69) is 35.0 Å². The zero-order valence-corrected chi connectivity index (χ0v) is 17.5. The lowest BCUT2D eigenvalue weighted by Crippen LogP contribution is -2.52. The van der Waals surface area contributed by atoms with Gasteiger partial charge in [0.2, 0.25) is 0 Å². The van der Waals surface area contributed by atoms with Crippen molar-refractivity contribution in [1.29, 1.82) is 0 Å². The van der Waals surface area contributed by atoms with Crippen LogP contribution in [0.3, 0.4) is 0 Å². The number of carbonyl (C=O) groups is 1. The van der Waals surface area contributed by atoms with Crippen molar-refractivity contribution in [2.24, 2.45) is 11.8 Å². The number of hydrogen-bond donors (Lipinski definition) is 3. The summed E-state index contributed by atoms with van der Waals surface area (Å²) in [4.78, 5) is 17.8. The fourth-order valence-corrected chi connectivity index (χ4v) is 4.57. The number of benzene rings is 1. The highest BCUT2D eigenvalue weighted by atomic mass is 32.1. The molecule has 27 heavy (non-hydrogen) atoms. The average molecular weight is 403 g/mol. The van der Waals surface area contributed by atoms with Crippen LogP contribution in [0, 0.1) is 18.8 Å². The number of carbonyl (C=O) groups excluding carboxylic acids is 1. The zero-order chi connectivity index (χ0) is 19.4. The molecule has 7 heteroatoms. The largest absolute Gasteiger partial charge is 0.358 e. The summed E-state index contributed by atoms with van der Waals surface area (Å²) in [6.07, 6.45) is 3.58. The molecule has 3 rings (SSSR count). The van der Waals surface area contributed by atoms with Gasteiger partial charge < -0.3 is 5.32 Å². The Morgan fingerprint density at radius 3 is 2.67 bits per heavy atom. The fourth-order valence-electron chi connectivity index (χ4n) is 3.53. The van der Waals surface area contributed by atoms with Gasteiger partial charge in [-0.2, -0.15) is 0 Å². The van der Waals surface area contributed by atoms with Crippen LogP contribution < -0.4 is 16.2 Å². The van der Waals surface area contributed by atoms with Crippen LogP contribution >= 0.6 is 23.6 Å². The number of nitrogens with one attached hydrogen (secondary N) is 3. The van der Waals surface area contributed by atoms with Crippen LogP contribution in [-0.2, 0) is 0 Å². The smallest absolute Gasteiger partial charge is 0.282 e. The predicted octanol–water partition coefficient (Wildman–Crippen LogP) is 4.05. The molecule has 1 aromatic carbocycles. The van der Waals surface area contributed by atoms with Gasteiger partial charge in [0.1, 0.15) is 4.88 Å². The first-order valence-corrected chi connectivity index (χ1v) is 10.6. The van der Waals surface area contributed by atoms with Gasteiger partial charge in [-0.25, -0.2) is 4.98 Å². The zero-order valence-electron chi connectivity index (χ0n) is 15.9. The average Bonchev–Trinajstić information content (AvgIpc) is 3.06. The Labute approximate surface area is 169 Å². The van der Waals surface area contributed by atoms with Gasteiger partial charge in [0.15, 0.2) is 5.11 Å². The first-order valence-electron chi connectivity index (χ1n) is 9.35. The summed E-state index contributed by atoms with van der Waals surface area (Å²) >= 11 is 6.76. The van der Waals surface area contributed by atoms with E-state index in [-0.39, 0.29) is 5.91 Å². The predicted molar refractivity (Wildman–Crippen MR) is 115 cm³/mol. The Bertz CT molecular complexity index is 806. The van der Waals surface area contributed by atoms with Crippen molar-refractivity contribution in [3.05, 3.63) is 40.2 Å². The summed E-state index contributed by atoms with van der Waals surface area (Å²) in [5, 5.41) is 4.66. The van der Waals surface area contributed by atoms with E-state index in [4.69, 9.17) is 12.2 Å². The molecule has 0 bridgehead atoms. The van der Waals surface area contributed by atoms with E-state index >= 15 is 0 Å². The quantitative estimate of drug-likeness (QED) is 0.534. The highest BCUT2D eigenvalue weighted by Gasteiger charge is 2.27. The lowest BCUT2D eigenvalue weighted by Gasteiger charge is -2.35. The van der Waals surface area contributed by atoms with Gasteiger partial charge in [0.25, 0.3) is 5.91 Å². The number of rotatable bonds is 3. The Morgan fingerprint density at radius 1 is 1.19 bits per heavy atom. The van der Waals surface area contributed by atoms with Gasteiger partial charge in [0.05, 0.1) is 10.7 Å². The van der Waals surface area contributed by atoms with Crippen LogP contribution in [0.5, 0.6) is 0 Å². The standard InChI is InChI=1S/C20H26N4OS2/c1-12-8-7-11-16(13(12)2)22-20(26)24-23-19(25)18-17(21-14(3)27-18)15-9-5-4-6-10-15/h4-6,9-10,12-13,16H,7-8,11H2,1-3H3,(H,23,25)(H2,22,24,26)/t12-,13-,16+/m0/s1. The van der Waals surface area contributed by atoms with E-state index in [0.29, 0.717) is 33.6 Å². The van der Waals surface area contributed by atoms with Gasteiger partial charge >= 0.3 is 0 Å². The summed E-state index contributed by atoms with van der Waals surface area (Å²) in [6, 6.07) is 10.1. The second kappa shape index (κ2) is 8.80. The van der Waals surface area contributed by atoms with Gasteiger partial charge in [-0.05, 0) is 37.4 Å².